The summed E-state index contributed by atoms with van der Waals surface area (Å²) in [4.78, 5) is 70.7. The smallest absolute Gasteiger partial charge is 0.171 e. The predicted octanol–water partition coefficient (Wildman–Crippen LogP) is 17.2. The molecular formula is C104H120Cl2F2N12O17S3. The molecule has 0 saturated carbocycles. The third-order valence-electron chi connectivity index (χ3n) is 24.9. The van der Waals surface area contributed by atoms with Gasteiger partial charge >= 0.3 is 0 Å². The number of carbonyl (C=O) groups excluding carboxylic acids is 3. The molecule has 0 bridgehead atoms. The lowest BCUT2D eigenvalue weighted by molar-refractivity contribution is 0.0395. The van der Waals surface area contributed by atoms with Gasteiger partial charge in [0.25, 0.3) is 0 Å². The van der Waals surface area contributed by atoms with Crippen molar-refractivity contribution < 1.29 is 89.4 Å². The van der Waals surface area contributed by atoms with E-state index in [2.05, 4.69) is 39.1 Å². The number of Topliss-reactive ketones (excluding diaryl/α,β-unsaturated/α-hetero) is 3. The van der Waals surface area contributed by atoms with Gasteiger partial charge in [0.1, 0.15) is 106 Å². The lowest BCUT2D eigenvalue weighted by Gasteiger charge is -2.30. The van der Waals surface area contributed by atoms with Gasteiger partial charge in [0.2, 0.25) is 0 Å². The van der Waals surface area contributed by atoms with E-state index in [1.807, 2.05) is 108 Å². The number of carbonyl (C=O) groups is 3. The first-order valence-electron chi connectivity index (χ1n) is 45.4. The third kappa shape index (κ3) is 23.4. The number of pyridine rings is 7. The van der Waals surface area contributed by atoms with Gasteiger partial charge in [-0.3, -0.25) is 29.3 Å². The second kappa shape index (κ2) is 41.2. The number of ketones is 3. The van der Waals surface area contributed by atoms with Gasteiger partial charge < -0.3 is 65.1 Å². The first kappa shape index (κ1) is 106. The molecule has 4 aliphatic rings. The summed E-state index contributed by atoms with van der Waals surface area (Å²) in [5.41, 5.74) is 12.9. The van der Waals surface area contributed by atoms with E-state index in [0.29, 0.717) is 135 Å². The normalized spacial score (nSPS) is 19.8. The van der Waals surface area contributed by atoms with Gasteiger partial charge in [-0.05, 0) is 264 Å². The maximum absolute atomic E-state index is 13.8. The molecule has 11 unspecified atom stereocenters. The number of nitrogens with two attached hydrogens (primary N) is 2. The van der Waals surface area contributed by atoms with E-state index in [0.717, 1.165) is 21.7 Å². The van der Waals surface area contributed by atoms with Crippen molar-refractivity contribution in [3.63, 3.8) is 0 Å². The number of methoxy groups -OCH3 is 3. The van der Waals surface area contributed by atoms with Crippen LogP contribution >= 0.6 is 23.2 Å². The van der Waals surface area contributed by atoms with Crippen molar-refractivity contribution in [3.05, 3.63) is 248 Å². The number of aromatic nitrogens is 7. The molecular weight excluding hydrogens is 1890 g/mol. The fourth-order valence-corrected chi connectivity index (χ4v) is 19.1. The third-order valence-corrected chi connectivity index (χ3v) is 30.6. The fourth-order valence-electron chi connectivity index (χ4n) is 15.9. The number of hydrogen-bond donors (Lipinski definition) is 9. The van der Waals surface area contributed by atoms with Crippen molar-refractivity contribution in [2.24, 2.45) is 11.5 Å². The minimum Gasteiger partial charge on any atom is -0.494 e. The summed E-state index contributed by atoms with van der Waals surface area (Å²) in [5.74, 6) is 2.14. The van der Waals surface area contributed by atoms with Gasteiger partial charge in [0.05, 0.1) is 113 Å². The molecule has 11 heterocycles. The highest BCUT2D eigenvalue weighted by molar-refractivity contribution is 7.85. The van der Waals surface area contributed by atoms with Crippen molar-refractivity contribution in [1.29, 1.82) is 0 Å². The SMILES string of the molecule is CC(O)(CN)c1cc2c(c(Cl)n1)OCC2(C)NS(=O)C(C)(C)C.COc1cc(C(=O)CCC(C)(O)c2cc3c(c(-c4ccc(F)cc4)n2)OCC3(C)N)cc2cccnc12.COc1cc(C(=O)CCC(C)(O)c2cc3c(c(-c4ccc(F)cc4)n2)OCC3(C)NS(=O)C(C)(C)C)cc2cccnc12.COc1cc(C(=O)CCC(C)(O)c2cc3c(c(Cl)n2)OCC3(C)NS(=O)C(C)(C)C)cc2cccnc12. The van der Waals surface area contributed by atoms with Crippen LogP contribution in [0.4, 0.5) is 8.78 Å². The minimum absolute atomic E-state index is 0.00797. The van der Waals surface area contributed by atoms with Crippen LogP contribution in [-0.2, 0) is 77.5 Å². The van der Waals surface area contributed by atoms with Crippen molar-refractivity contribution in [3.8, 4) is 62.8 Å². The lowest BCUT2D eigenvalue weighted by Crippen LogP contribution is -2.47. The highest BCUT2D eigenvalue weighted by Crippen LogP contribution is 2.50. The number of fused-ring (bicyclic) bond motifs is 7. The average Bonchev–Trinajstić information content (AvgIpc) is 1.57. The Hall–Kier alpha value is -10.9. The topological polar surface area (TPSA) is 426 Å². The second-order valence-corrected chi connectivity index (χ2v) is 46.8. The molecule has 29 nitrogen and oxygen atoms in total. The monoisotopic (exact) mass is 2010 g/mol. The summed E-state index contributed by atoms with van der Waals surface area (Å²) < 4.78 is 114. The van der Waals surface area contributed by atoms with Crippen LogP contribution < -0.4 is 58.8 Å². The standard InChI is InChI=1S/C33H36FN3O5S.C29H28FN3O4.C27H32ClN3O5S.C15H24ClN3O3S/c1-31(2,3)43(40)37-32(4)19-42-30-24(32)18-27(36-29(30)20-9-11-23(34)12-10-20)33(5,39)14-13-25(38)22-16-21-8-7-15-35-28(21)26(17-22)41-6;1-28(31)16-37-27-21(28)15-24(33-26(27)17-6-8-20(30)9-7-17)29(2,35)11-10-22(34)19-13-18-5-4-12-32-25(18)23(14-19)36-3;1-25(2,3)37(34)31-26(4)15-36-23-18(26)14-21(30-24(23)28)27(5,33)10-9-19(32)17-12-16-8-7-11-29-22(16)20(13-17)35-6;1-13(2,3)23(21)19-14(4)8-22-11-9(14)6-10(18-12(11)16)15(5,20)7-17/h7-12,15-18,37,39H,13-14,19H2,1-6H3;4-9,12-15,35H,10-11,16,31H2,1-3H3;7-8,11-14,31,33H,9-10,15H2,1-6H3;6,19-20H,7-8,17H2,1-5H3. The number of ether oxygens (including phenoxy) is 7. The summed E-state index contributed by atoms with van der Waals surface area (Å²) in [6.45, 7) is 31.8. The van der Waals surface area contributed by atoms with Crippen LogP contribution in [0.2, 0.25) is 10.3 Å². The highest BCUT2D eigenvalue weighted by atomic mass is 35.5. The van der Waals surface area contributed by atoms with Gasteiger partial charge in [-0.25, -0.2) is 55.5 Å². The molecule has 7 aromatic heterocycles. The molecule has 11 N–H and O–H groups in total. The Bertz CT molecular complexity index is 6820. The molecule has 36 heteroatoms. The minimum atomic E-state index is -1.52. The van der Waals surface area contributed by atoms with E-state index in [4.69, 9.17) is 77.8 Å². The molecule has 4 aliphatic heterocycles. The van der Waals surface area contributed by atoms with Gasteiger partial charge in [0.15, 0.2) is 50.7 Å². The van der Waals surface area contributed by atoms with Crippen LogP contribution in [0.3, 0.4) is 0 Å². The van der Waals surface area contributed by atoms with Crippen molar-refractivity contribution in [2.75, 3.05) is 54.3 Å². The van der Waals surface area contributed by atoms with Crippen molar-refractivity contribution in [2.45, 2.75) is 215 Å². The Balaban J connectivity index is 0.000000160. The molecule has 16 rings (SSSR count). The van der Waals surface area contributed by atoms with Gasteiger partial charge in [-0.1, -0.05) is 41.4 Å². The Morgan fingerprint density at radius 3 is 1.00 bits per heavy atom. The Morgan fingerprint density at radius 1 is 0.414 bits per heavy atom. The molecule has 5 aromatic carbocycles. The largest absolute Gasteiger partial charge is 0.494 e. The van der Waals surface area contributed by atoms with Gasteiger partial charge in [0, 0.05) is 111 Å². The molecule has 0 aliphatic carbocycles. The van der Waals surface area contributed by atoms with Crippen LogP contribution in [0, 0.1) is 11.6 Å². The van der Waals surface area contributed by atoms with Crippen LogP contribution in [0.1, 0.15) is 232 Å². The van der Waals surface area contributed by atoms with E-state index >= 15 is 0 Å². The van der Waals surface area contributed by atoms with E-state index in [1.54, 1.807) is 149 Å². The number of hydrogen-bond acceptors (Lipinski definition) is 26. The molecule has 140 heavy (non-hydrogen) atoms. The summed E-state index contributed by atoms with van der Waals surface area (Å²) in [6.07, 6.45) is 5.49. The van der Waals surface area contributed by atoms with Crippen LogP contribution in [0.15, 0.2) is 164 Å². The Labute approximate surface area is 830 Å². The first-order valence-corrected chi connectivity index (χ1v) is 49.6. The Kier molecular flexibility index (Phi) is 31.3. The fraction of sp³-hybridized carbons (Fsp3) is 0.404. The molecule has 12 aromatic rings. The maximum Gasteiger partial charge on any atom is 0.171 e. The van der Waals surface area contributed by atoms with Gasteiger partial charge in [-0.15, -0.1) is 0 Å². The zero-order valence-corrected chi connectivity index (χ0v) is 85.9. The number of benzene rings is 5. The highest BCUT2D eigenvalue weighted by Gasteiger charge is 2.48. The number of nitrogens with zero attached hydrogens (tertiary/aromatic N) is 7. The van der Waals surface area contributed by atoms with Crippen LogP contribution in [0.5, 0.6) is 40.2 Å². The molecule has 0 amide bonds. The van der Waals surface area contributed by atoms with Gasteiger partial charge in [-0.2, -0.15) is 0 Å². The van der Waals surface area contributed by atoms with E-state index in [1.165, 1.54) is 45.6 Å². The zero-order chi connectivity index (χ0) is 102. The van der Waals surface area contributed by atoms with E-state index in [-0.39, 0.29) is 105 Å². The molecule has 744 valence electrons. The summed E-state index contributed by atoms with van der Waals surface area (Å²) >= 11 is 12.6. The second-order valence-electron chi connectivity index (χ2n) is 40.2. The summed E-state index contributed by atoms with van der Waals surface area (Å²) in [5, 5.41) is 47.6. The van der Waals surface area contributed by atoms with Crippen molar-refractivity contribution in [1.82, 2.24) is 49.1 Å². The first-order chi connectivity index (χ1) is 65.5. The quantitative estimate of drug-likeness (QED) is 0.0162. The maximum atomic E-state index is 13.8. The average molecular weight is 2020 g/mol. The summed E-state index contributed by atoms with van der Waals surface area (Å²) in [7, 11) is 0.526. The molecule has 11 atom stereocenters. The molecule has 0 fully saturated rings. The van der Waals surface area contributed by atoms with E-state index in [9.17, 15) is 56.2 Å². The predicted molar refractivity (Wildman–Crippen MR) is 539 cm³/mol. The number of rotatable bonds is 28. The van der Waals surface area contributed by atoms with E-state index < -0.39 is 97.6 Å². The number of aliphatic hydroxyl groups is 4. The van der Waals surface area contributed by atoms with Crippen molar-refractivity contribution >= 4 is 106 Å². The van der Waals surface area contributed by atoms with Crippen LogP contribution in [0.25, 0.3) is 55.2 Å². The Morgan fingerprint density at radius 2 is 0.693 bits per heavy atom. The summed E-state index contributed by atoms with van der Waals surface area (Å²) in [6, 6.07) is 40.0. The number of nitrogens with one attached hydrogen (secondary N) is 3. The molecule has 0 radical (unpaired) electrons. The molecule has 0 saturated heterocycles. The number of halogens is 4. The lowest BCUT2D eigenvalue weighted by atomic mass is 9.88. The zero-order valence-electron chi connectivity index (χ0n) is 82.0. The molecule has 0 spiro atoms. The van der Waals surface area contributed by atoms with Crippen LogP contribution in [-0.4, -0.2) is 154 Å².